The Morgan fingerprint density at radius 2 is 1.76 bits per heavy atom. The van der Waals surface area contributed by atoms with E-state index in [2.05, 4.69) is 0 Å². The Kier molecular flexibility index (Phi) is 3.55. The van der Waals surface area contributed by atoms with Gasteiger partial charge in [0.05, 0.1) is 0 Å². The van der Waals surface area contributed by atoms with Gasteiger partial charge in [-0.2, -0.15) is 0 Å². The van der Waals surface area contributed by atoms with Crippen molar-refractivity contribution in [2.75, 3.05) is 14.1 Å². The monoisotopic (exact) mass is 241 g/mol. The van der Waals surface area contributed by atoms with Crippen molar-refractivity contribution in [3.8, 4) is 0 Å². The highest BCUT2D eigenvalue weighted by Gasteiger charge is 2.60. The van der Waals surface area contributed by atoms with E-state index in [1.165, 1.54) is 4.90 Å². The summed E-state index contributed by atoms with van der Waals surface area (Å²) in [6, 6.07) is 0. The van der Waals surface area contributed by atoms with Gasteiger partial charge in [0.1, 0.15) is 0 Å². The van der Waals surface area contributed by atoms with Gasteiger partial charge in [-0.05, 0) is 19.8 Å². The normalized spacial score (nSPS) is 20.6. The summed E-state index contributed by atoms with van der Waals surface area (Å²) in [6.45, 7) is 7.45. The van der Waals surface area contributed by atoms with Crippen LogP contribution in [0.3, 0.4) is 0 Å². The van der Waals surface area contributed by atoms with E-state index in [0.717, 1.165) is 12.8 Å². The van der Waals surface area contributed by atoms with E-state index < -0.39 is 11.7 Å². The second-order valence-corrected chi connectivity index (χ2v) is 5.88. The number of ether oxygens (including phenoxy) is 1. The Morgan fingerprint density at radius 3 is 2.06 bits per heavy atom. The largest absolute Gasteiger partial charge is 0.434 e. The number of nitrogens with zero attached hydrogens (tertiary/aromatic N) is 1. The van der Waals surface area contributed by atoms with Crippen molar-refractivity contribution in [1.29, 1.82) is 0 Å². The van der Waals surface area contributed by atoms with E-state index in [1.807, 2.05) is 20.8 Å². The Balaban J connectivity index is 2.96. The zero-order chi connectivity index (χ0) is 13.4. The number of Topliss-reactive ketones (excluding diaryl/α,β-unsaturated/α-hetero) is 1. The van der Waals surface area contributed by atoms with Gasteiger partial charge in [0, 0.05) is 25.4 Å². The van der Waals surface area contributed by atoms with Gasteiger partial charge in [-0.25, -0.2) is 4.79 Å². The molecule has 1 aliphatic carbocycles. The molecule has 0 aliphatic heterocycles. The summed E-state index contributed by atoms with van der Waals surface area (Å²) in [5, 5.41) is 0. The average Bonchev–Trinajstić information content (AvgIpc) is 2.96. The van der Waals surface area contributed by atoms with E-state index in [-0.39, 0.29) is 17.1 Å². The molecular weight excluding hydrogens is 218 g/mol. The lowest BCUT2D eigenvalue weighted by Gasteiger charge is -2.36. The van der Waals surface area contributed by atoms with Crippen LogP contribution in [0.1, 0.15) is 40.5 Å². The van der Waals surface area contributed by atoms with Crippen molar-refractivity contribution in [2.24, 2.45) is 11.3 Å². The molecule has 0 N–H and O–H groups in total. The van der Waals surface area contributed by atoms with Gasteiger partial charge in [-0.15, -0.1) is 0 Å². The molecule has 0 spiro atoms. The first-order chi connectivity index (χ1) is 7.64. The van der Waals surface area contributed by atoms with Gasteiger partial charge in [-0.1, -0.05) is 20.8 Å². The van der Waals surface area contributed by atoms with Crippen molar-refractivity contribution >= 4 is 11.9 Å². The fraction of sp³-hybridized carbons (Fsp3) is 0.846. The number of amides is 1. The van der Waals surface area contributed by atoms with Crippen LogP contribution in [-0.4, -0.2) is 36.5 Å². The summed E-state index contributed by atoms with van der Waals surface area (Å²) in [6.07, 6.45) is 1.42. The molecule has 1 aliphatic rings. The molecule has 0 aromatic rings. The van der Waals surface area contributed by atoms with Crippen molar-refractivity contribution in [3.63, 3.8) is 0 Å². The Labute approximate surface area is 103 Å². The number of ketones is 1. The van der Waals surface area contributed by atoms with Gasteiger partial charge in [0.25, 0.3) is 0 Å². The van der Waals surface area contributed by atoms with Crippen molar-refractivity contribution in [3.05, 3.63) is 0 Å². The lowest BCUT2D eigenvalue weighted by molar-refractivity contribution is -0.147. The SMILES string of the molecule is CC(C)C(=O)C(C)(OC(=O)N(C)C)C1(C)CC1. The van der Waals surface area contributed by atoms with E-state index in [0.29, 0.717) is 0 Å². The van der Waals surface area contributed by atoms with Crippen LogP contribution in [-0.2, 0) is 9.53 Å². The summed E-state index contributed by atoms with van der Waals surface area (Å²) < 4.78 is 5.49. The Morgan fingerprint density at radius 1 is 1.29 bits per heavy atom. The lowest BCUT2D eigenvalue weighted by Crippen LogP contribution is -2.50. The van der Waals surface area contributed by atoms with E-state index >= 15 is 0 Å². The minimum Gasteiger partial charge on any atom is -0.434 e. The third-order valence-electron chi connectivity index (χ3n) is 3.80. The molecule has 0 radical (unpaired) electrons. The molecule has 0 heterocycles. The third-order valence-corrected chi connectivity index (χ3v) is 3.80. The third kappa shape index (κ3) is 2.45. The van der Waals surface area contributed by atoms with E-state index in [4.69, 9.17) is 4.74 Å². The number of hydrogen-bond donors (Lipinski definition) is 0. The molecule has 0 saturated heterocycles. The minimum atomic E-state index is -0.997. The molecule has 0 aromatic heterocycles. The highest BCUT2D eigenvalue weighted by atomic mass is 16.6. The molecule has 4 nitrogen and oxygen atoms in total. The van der Waals surface area contributed by atoms with Gasteiger partial charge >= 0.3 is 6.09 Å². The quantitative estimate of drug-likeness (QED) is 0.759. The zero-order valence-corrected chi connectivity index (χ0v) is 11.7. The summed E-state index contributed by atoms with van der Waals surface area (Å²) >= 11 is 0. The van der Waals surface area contributed by atoms with Crippen LogP contribution in [0.25, 0.3) is 0 Å². The van der Waals surface area contributed by atoms with Crippen LogP contribution in [0.4, 0.5) is 4.79 Å². The minimum absolute atomic E-state index is 0.00713. The topological polar surface area (TPSA) is 46.6 Å². The molecule has 0 bridgehead atoms. The molecule has 0 aromatic carbocycles. The predicted molar refractivity (Wildman–Crippen MR) is 65.8 cm³/mol. The predicted octanol–water partition coefficient (Wildman–Crippen LogP) is 2.47. The van der Waals surface area contributed by atoms with Crippen molar-refractivity contribution in [2.45, 2.75) is 46.1 Å². The molecule has 1 rings (SSSR count). The second-order valence-electron chi connectivity index (χ2n) is 5.88. The fourth-order valence-corrected chi connectivity index (χ4v) is 1.95. The maximum atomic E-state index is 12.3. The van der Waals surface area contributed by atoms with Crippen LogP contribution in [0.5, 0.6) is 0 Å². The highest BCUT2D eigenvalue weighted by Crippen LogP contribution is 2.56. The van der Waals surface area contributed by atoms with Gasteiger partial charge in [0.15, 0.2) is 11.4 Å². The smallest absolute Gasteiger partial charge is 0.410 e. The summed E-state index contributed by atoms with van der Waals surface area (Å²) in [5.41, 5.74) is -1.19. The summed E-state index contributed by atoms with van der Waals surface area (Å²) in [5.74, 6) is -0.125. The molecule has 17 heavy (non-hydrogen) atoms. The Bertz CT molecular complexity index is 332. The van der Waals surface area contributed by atoms with Crippen LogP contribution in [0.15, 0.2) is 0 Å². The number of rotatable bonds is 4. The molecule has 1 saturated carbocycles. The Hall–Kier alpha value is -1.06. The molecule has 4 heteroatoms. The first-order valence-corrected chi connectivity index (χ1v) is 6.09. The van der Waals surface area contributed by atoms with Crippen LogP contribution < -0.4 is 0 Å². The zero-order valence-electron chi connectivity index (χ0n) is 11.7. The van der Waals surface area contributed by atoms with Crippen LogP contribution >= 0.6 is 0 Å². The van der Waals surface area contributed by atoms with Crippen molar-refractivity contribution in [1.82, 2.24) is 4.90 Å². The molecular formula is C13H23NO3. The van der Waals surface area contributed by atoms with Gasteiger partial charge in [0.2, 0.25) is 0 Å². The summed E-state index contributed by atoms with van der Waals surface area (Å²) in [4.78, 5) is 25.4. The van der Waals surface area contributed by atoms with Gasteiger partial charge in [-0.3, -0.25) is 4.79 Å². The van der Waals surface area contributed by atoms with E-state index in [9.17, 15) is 9.59 Å². The van der Waals surface area contributed by atoms with Crippen molar-refractivity contribution < 1.29 is 14.3 Å². The average molecular weight is 241 g/mol. The number of carbonyl (C=O) groups is 2. The van der Waals surface area contributed by atoms with Gasteiger partial charge < -0.3 is 9.64 Å². The second kappa shape index (κ2) is 4.31. The highest BCUT2D eigenvalue weighted by molar-refractivity contribution is 5.91. The molecule has 1 amide bonds. The fourth-order valence-electron chi connectivity index (χ4n) is 1.95. The maximum Gasteiger partial charge on any atom is 0.410 e. The molecule has 1 atom stereocenters. The van der Waals surface area contributed by atoms with E-state index in [1.54, 1.807) is 21.0 Å². The number of hydrogen-bond acceptors (Lipinski definition) is 3. The lowest BCUT2D eigenvalue weighted by atomic mass is 9.79. The number of carbonyl (C=O) groups excluding carboxylic acids is 2. The standard InChI is InChI=1S/C13H23NO3/c1-9(2)10(15)13(4,12(3)7-8-12)17-11(16)14(5)6/h9H,7-8H2,1-6H3. The molecule has 1 fully saturated rings. The molecule has 1 unspecified atom stereocenters. The maximum absolute atomic E-state index is 12.3. The van der Waals surface area contributed by atoms with Crippen LogP contribution in [0.2, 0.25) is 0 Å². The summed E-state index contributed by atoms with van der Waals surface area (Å²) in [7, 11) is 3.25. The first kappa shape index (κ1) is 14.0. The molecule has 98 valence electrons. The van der Waals surface area contributed by atoms with Crippen LogP contribution in [0, 0.1) is 11.3 Å². The first-order valence-electron chi connectivity index (χ1n) is 6.09.